The first-order valence-corrected chi connectivity index (χ1v) is 10.8. The maximum absolute atomic E-state index is 12.9. The monoisotopic (exact) mass is 384 g/mol. The molecule has 4 rings (SSSR count). The zero-order valence-electron chi connectivity index (χ0n) is 16.0. The summed E-state index contributed by atoms with van der Waals surface area (Å²) >= 11 is 1.73. The predicted molar refractivity (Wildman–Crippen MR) is 109 cm³/mol. The Hall–Kier alpha value is -1.76. The number of aromatic nitrogens is 1. The lowest BCUT2D eigenvalue weighted by Crippen LogP contribution is -2.43. The second-order valence-corrected chi connectivity index (χ2v) is 8.62. The van der Waals surface area contributed by atoms with Gasteiger partial charge < -0.3 is 10.6 Å². The standard InChI is InChI=1S/C21H28N4OS/c1-2-15-3-4-17(23-11-15)12-24-8-7-18-19(14-27-20(18)13-24)21(26)25-9-5-16(22)6-10-25/h3-4,11,14,16H,2,5-10,12-13,22H2,1H3. The van der Waals surface area contributed by atoms with Crippen molar-refractivity contribution < 1.29 is 4.79 Å². The average Bonchev–Trinajstić information content (AvgIpc) is 3.12. The topological polar surface area (TPSA) is 62.5 Å². The summed E-state index contributed by atoms with van der Waals surface area (Å²) in [6, 6.07) is 4.56. The minimum absolute atomic E-state index is 0.199. The van der Waals surface area contributed by atoms with Gasteiger partial charge in [-0.05, 0) is 42.9 Å². The Morgan fingerprint density at radius 2 is 2.11 bits per heavy atom. The van der Waals surface area contributed by atoms with Crippen LogP contribution in [0.3, 0.4) is 0 Å². The van der Waals surface area contributed by atoms with Crippen molar-refractivity contribution in [3.05, 3.63) is 51.0 Å². The summed E-state index contributed by atoms with van der Waals surface area (Å²) in [5, 5.41) is 2.07. The van der Waals surface area contributed by atoms with Gasteiger partial charge in [0.2, 0.25) is 0 Å². The maximum atomic E-state index is 12.9. The first-order valence-electron chi connectivity index (χ1n) is 9.94. The lowest BCUT2D eigenvalue weighted by atomic mass is 10.0. The number of fused-ring (bicyclic) bond motifs is 1. The van der Waals surface area contributed by atoms with E-state index in [-0.39, 0.29) is 11.9 Å². The molecule has 0 atom stereocenters. The number of carbonyl (C=O) groups is 1. The van der Waals surface area contributed by atoms with Crippen LogP contribution in [0.1, 0.15) is 51.8 Å². The van der Waals surface area contributed by atoms with Crippen LogP contribution in [-0.4, -0.2) is 46.4 Å². The Kier molecular flexibility index (Phi) is 5.57. The highest BCUT2D eigenvalue weighted by Crippen LogP contribution is 2.30. The summed E-state index contributed by atoms with van der Waals surface area (Å²) in [5.41, 5.74) is 10.6. The molecule has 4 heterocycles. The summed E-state index contributed by atoms with van der Waals surface area (Å²) in [7, 11) is 0. The smallest absolute Gasteiger partial charge is 0.254 e. The van der Waals surface area contributed by atoms with Gasteiger partial charge in [0, 0.05) is 55.2 Å². The molecule has 2 aliphatic heterocycles. The SMILES string of the molecule is CCc1ccc(CN2CCc3c(C(=O)N4CCC(N)CC4)csc3C2)nc1. The second kappa shape index (κ2) is 8.09. The summed E-state index contributed by atoms with van der Waals surface area (Å²) in [5.74, 6) is 0.199. The van der Waals surface area contributed by atoms with E-state index in [9.17, 15) is 4.79 Å². The molecule has 6 heteroatoms. The molecule has 1 saturated heterocycles. The zero-order chi connectivity index (χ0) is 18.8. The van der Waals surface area contributed by atoms with E-state index >= 15 is 0 Å². The molecule has 0 bridgehead atoms. The Morgan fingerprint density at radius 3 is 2.81 bits per heavy atom. The number of thiophene rings is 1. The van der Waals surface area contributed by atoms with Crippen molar-refractivity contribution in [2.45, 2.75) is 51.7 Å². The van der Waals surface area contributed by atoms with Crippen LogP contribution >= 0.6 is 11.3 Å². The third-order valence-electron chi connectivity index (χ3n) is 5.76. The molecule has 0 aliphatic carbocycles. The minimum atomic E-state index is 0.199. The van der Waals surface area contributed by atoms with Crippen LogP contribution in [0.4, 0.5) is 0 Å². The van der Waals surface area contributed by atoms with E-state index in [1.165, 1.54) is 16.0 Å². The fraction of sp³-hybridized carbons (Fsp3) is 0.524. The summed E-state index contributed by atoms with van der Waals surface area (Å²) in [6.07, 6.45) is 5.78. The molecule has 2 N–H and O–H groups in total. The highest BCUT2D eigenvalue weighted by atomic mass is 32.1. The molecule has 0 spiro atoms. The van der Waals surface area contributed by atoms with Crippen LogP contribution in [0, 0.1) is 0 Å². The van der Waals surface area contributed by atoms with Crippen molar-refractivity contribution >= 4 is 17.2 Å². The van der Waals surface area contributed by atoms with Gasteiger partial charge in [-0.15, -0.1) is 11.3 Å². The van der Waals surface area contributed by atoms with E-state index in [0.29, 0.717) is 0 Å². The molecule has 144 valence electrons. The summed E-state index contributed by atoms with van der Waals surface area (Å²) < 4.78 is 0. The van der Waals surface area contributed by atoms with E-state index < -0.39 is 0 Å². The fourth-order valence-electron chi connectivity index (χ4n) is 3.96. The van der Waals surface area contributed by atoms with E-state index in [2.05, 4.69) is 34.3 Å². The van der Waals surface area contributed by atoms with Crippen molar-refractivity contribution in [1.82, 2.24) is 14.8 Å². The molecule has 0 unspecified atom stereocenters. The highest BCUT2D eigenvalue weighted by Gasteiger charge is 2.28. The van der Waals surface area contributed by atoms with Crippen LogP contribution < -0.4 is 5.73 Å². The van der Waals surface area contributed by atoms with Gasteiger partial charge in [-0.2, -0.15) is 0 Å². The van der Waals surface area contributed by atoms with Crippen LogP contribution in [0.25, 0.3) is 0 Å². The number of nitrogens with zero attached hydrogens (tertiary/aromatic N) is 3. The first-order chi connectivity index (χ1) is 13.1. The van der Waals surface area contributed by atoms with E-state index in [1.54, 1.807) is 11.3 Å². The second-order valence-electron chi connectivity index (χ2n) is 7.65. The molecule has 2 aliphatic rings. The zero-order valence-corrected chi connectivity index (χ0v) is 16.8. The molecule has 5 nitrogen and oxygen atoms in total. The van der Waals surface area contributed by atoms with Crippen molar-refractivity contribution in [2.75, 3.05) is 19.6 Å². The number of rotatable bonds is 4. The summed E-state index contributed by atoms with van der Waals surface area (Å²) in [6.45, 7) is 6.49. The molecule has 1 fully saturated rings. The quantitative estimate of drug-likeness (QED) is 0.880. The van der Waals surface area contributed by atoms with E-state index in [4.69, 9.17) is 5.73 Å². The summed E-state index contributed by atoms with van der Waals surface area (Å²) in [4.78, 5) is 23.3. The normalized spacial score (nSPS) is 18.5. The van der Waals surface area contributed by atoms with Crippen molar-refractivity contribution in [1.29, 1.82) is 0 Å². The van der Waals surface area contributed by atoms with Gasteiger partial charge in [-0.25, -0.2) is 0 Å². The van der Waals surface area contributed by atoms with Gasteiger partial charge in [0.05, 0.1) is 11.3 Å². The third-order valence-corrected chi connectivity index (χ3v) is 6.78. The molecule has 0 saturated carbocycles. The number of hydrogen-bond donors (Lipinski definition) is 1. The van der Waals surface area contributed by atoms with Gasteiger partial charge in [0.25, 0.3) is 5.91 Å². The van der Waals surface area contributed by atoms with E-state index in [0.717, 1.165) is 69.7 Å². The van der Waals surface area contributed by atoms with Gasteiger partial charge in [-0.3, -0.25) is 14.7 Å². The molecule has 2 aromatic heterocycles. The average molecular weight is 385 g/mol. The molecule has 1 amide bonds. The molecule has 0 radical (unpaired) electrons. The largest absolute Gasteiger partial charge is 0.338 e. The molecule has 0 aromatic carbocycles. The van der Waals surface area contributed by atoms with Crippen molar-refractivity contribution in [2.24, 2.45) is 5.73 Å². The van der Waals surface area contributed by atoms with Gasteiger partial charge in [0.1, 0.15) is 0 Å². The van der Waals surface area contributed by atoms with Gasteiger partial charge in [-0.1, -0.05) is 13.0 Å². The predicted octanol–water partition coefficient (Wildman–Crippen LogP) is 2.83. The number of carbonyl (C=O) groups excluding carboxylic acids is 1. The van der Waals surface area contributed by atoms with Crippen molar-refractivity contribution in [3.8, 4) is 0 Å². The number of aryl methyl sites for hydroxylation is 1. The number of nitrogens with two attached hydrogens (primary N) is 1. The maximum Gasteiger partial charge on any atom is 0.254 e. The van der Waals surface area contributed by atoms with Crippen molar-refractivity contribution in [3.63, 3.8) is 0 Å². The first kappa shape index (κ1) is 18.6. The van der Waals surface area contributed by atoms with Gasteiger partial charge >= 0.3 is 0 Å². The van der Waals surface area contributed by atoms with Crippen LogP contribution in [0.5, 0.6) is 0 Å². The lowest BCUT2D eigenvalue weighted by molar-refractivity contribution is 0.0713. The van der Waals surface area contributed by atoms with Gasteiger partial charge in [0.15, 0.2) is 0 Å². The number of likely N-dealkylation sites (tertiary alicyclic amines) is 1. The number of hydrogen-bond acceptors (Lipinski definition) is 5. The Balaban J connectivity index is 1.41. The molecular formula is C21H28N4OS. The molecular weight excluding hydrogens is 356 g/mol. The van der Waals surface area contributed by atoms with E-state index in [1.807, 2.05) is 11.1 Å². The minimum Gasteiger partial charge on any atom is -0.338 e. The fourth-order valence-corrected chi connectivity index (χ4v) is 5.07. The highest BCUT2D eigenvalue weighted by molar-refractivity contribution is 7.10. The lowest BCUT2D eigenvalue weighted by Gasteiger charge is -2.31. The Morgan fingerprint density at radius 1 is 1.30 bits per heavy atom. The molecule has 27 heavy (non-hydrogen) atoms. The van der Waals surface area contributed by atoms with Crippen LogP contribution in [0.15, 0.2) is 23.7 Å². The number of pyridine rings is 1. The molecule has 2 aromatic rings. The van der Waals surface area contributed by atoms with Crippen LogP contribution in [-0.2, 0) is 25.9 Å². The van der Waals surface area contributed by atoms with Crippen LogP contribution in [0.2, 0.25) is 0 Å². The third kappa shape index (κ3) is 4.08. The number of piperidine rings is 1. The Bertz CT molecular complexity index is 793. The Labute approximate surface area is 165 Å². The number of amides is 1.